The van der Waals surface area contributed by atoms with Gasteiger partial charge in [0.15, 0.2) is 11.1 Å². The number of anilines is 2. The van der Waals surface area contributed by atoms with Crippen LogP contribution in [0.4, 0.5) is 20.3 Å². The number of H-pyrrole nitrogens is 2. The number of rotatable bonds is 5. The van der Waals surface area contributed by atoms with Crippen LogP contribution < -0.4 is 21.7 Å². The van der Waals surface area contributed by atoms with E-state index in [0.717, 1.165) is 22.6 Å². The fourth-order valence-electron chi connectivity index (χ4n) is 2.77. The molecule has 0 aliphatic heterocycles. The molecule has 0 bridgehead atoms. The van der Waals surface area contributed by atoms with E-state index < -0.39 is 16.2 Å². The Bertz CT molecular complexity index is 1440. The number of aromatic hydroxyl groups is 1. The molecule has 0 spiro atoms. The van der Waals surface area contributed by atoms with Crippen molar-refractivity contribution in [1.82, 2.24) is 24.6 Å². The van der Waals surface area contributed by atoms with Gasteiger partial charge in [0, 0.05) is 44.6 Å². The van der Waals surface area contributed by atoms with Gasteiger partial charge in [0.1, 0.15) is 18.1 Å². The highest BCUT2D eigenvalue weighted by Gasteiger charge is 2.22. The van der Waals surface area contributed by atoms with Crippen molar-refractivity contribution < 1.29 is 13.9 Å². The van der Waals surface area contributed by atoms with Crippen LogP contribution in [0.15, 0.2) is 46.3 Å². The van der Waals surface area contributed by atoms with Crippen LogP contribution in [0.1, 0.15) is 5.69 Å². The number of imidazole rings is 1. The van der Waals surface area contributed by atoms with E-state index in [0.29, 0.717) is 21.7 Å². The minimum atomic E-state index is -3.04. The zero-order valence-electron chi connectivity index (χ0n) is 15.4. The van der Waals surface area contributed by atoms with Gasteiger partial charge in [-0.1, -0.05) is 17.7 Å². The highest BCUT2D eigenvalue weighted by atomic mass is 127. The van der Waals surface area contributed by atoms with Gasteiger partial charge in [-0.2, -0.15) is 18.4 Å². The largest absolute Gasteiger partial charge is 0.493 e. The van der Waals surface area contributed by atoms with Gasteiger partial charge in [0.25, 0.3) is 0 Å². The van der Waals surface area contributed by atoms with E-state index in [9.17, 15) is 18.7 Å². The van der Waals surface area contributed by atoms with E-state index >= 15 is 0 Å². The number of hydrogen-bond acceptors (Lipinski definition) is 6. The summed E-state index contributed by atoms with van der Waals surface area (Å²) in [6.07, 6.45) is 2.86. The highest BCUT2D eigenvalue weighted by Crippen LogP contribution is 2.22. The third-order valence-electron chi connectivity index (χ3n) is 4.03. The van der Waals surface area contributed by atoms with Gasteiger partial charge in [0.05, 0.1) is 6.20 Å². The molecule has 4 aromatic rings. The van der Waals surface area contributed by atoms with E-state index in [1.807, 2.05) is 0 Å². The Labute approximate surface area is 190 Å². The summed E-state index contributed by atoms with van der Waals surface area (Å²) in [4.78, 5) is 24.5. The summed E-state index contributed by atoms with van der Waals surface area (Å²) in [5.74, 6) is -0.0424. The summed E-state index contributed by atoms with van der Waals surface area (Å²) in [5, 5.41) is 18.0. The maximum absolute atomic E-state index is 13.4. The lowest BCUT2D eigenvalue weighted by atomic mass is 10.3. The number of benzene rings is 1. The normalized spacial score (nSPS) is 13.3. The van der Waals surface area contributed by atoms with Crippen molar-refractivity contribution in [3.63, 3.8) is 0 Å². The molecular weight excluding hydrogens is 547 g/mol. The lowest BCUT2D eigenvalue weighted by Crippen LogP contribution is -2.22. The van der Waals surface area contributed by atoms with Crippen molar-refractivity contribution in [3.8, 4) is 5.88 Å². The average Bonchev–Trinajstić information content (AvgIpc) is 3.22. The zero-order chi connectivity index (χ0) is 22.2. The third-order valence-corrected chi connectivity index (χ3v) is 4.61. The molecule has 0 radical (unpaired) electrons. The predicted octanol–water partition coefficient (Wildman–Crippen LogP) is 2.32. The Morgan fingerprint density at radius 3 is 2.84 bits per heavy atom. The summed E-state index contributed by atoms with van der Waals surface area (Å²) in [6, 6.07) is 8.37. The number of aromatic nitrogens is 5. The zero-order valence-corrected chi connectivity index (χ0v) is 18.3. The number of halogens is 4. The molecular formula is C18H13ClF2IN7O2. The molecule has 1 aromatic carbocycles. The molecule has 13 heteroatoms. The maximum Gasteiger partial charge on any atom is 0.326 e. The van der Waals surface area contributed by atoms with E-state index in [1.54, 1.807) is 24.3 Å². The number of alkyl halides is 3. The molecule has 0 aliphatic rings. The van der Waals surface area contributed by atoms with Crippen LogP contribution >= 0.6 is 34.2 Å². The lowest BCUT2D eigenvalue weighted by Gasteiger charge is -2.07. The Morgan fingerprint density at radius 1 is 1.35 bits per heavy atom. The van der Waals surface area contributed by atoms with Gasteiger partial charge in [-0.25, -0.2) is 9.78 Å². The van der Waals surface area contributed by atoms with Crippen molar-refractivity contribution in [1.29, 1.82) is 0 Å². The van der Waals surface area contributed by atoms with Crippen LogP contribution in [0.5, 0.6) is 5.88 Å². The van der Waals surface area contributed by atoms with Crippen LogP contribution in [0.25, 0.3) is 11.7 Å². The van der Waals surface area contributed by atoms with Gasteiger partial charge in [-0.05, 0) is 24.3 Å². The van der Waals surface area contributed by atoms with Gasteiger partial charge < -0.3 is 15.4 Å². The van der Waals surface area contributed by atoms with Crippen molar-refractivity contribution in [2.45, 2.75) is 3.93 Å². The molecule has 31 heavy (non-hydrogen) atoms. The summed E-state index contributed by atoms with van der Waals surface area (Å²) >= 11 is 7.02. The molecule has 0 fully saturated rings. The second-order valence-electron chi connectivity index (χ2n) is 6.39. The highest BCUT2D eigenvalue weighted by molar-refractivity contribution is 14.1. The van der Waals surface area contributed by atoms with E-state index in [-0.39, 0.29) is 22.7 Å². The SMILES string of the molecule is O=c1[nH]c(O)c(C=c2cnn3c(=NCC(F)(F)I)cc(Nc4cccc(Cl)c4)nc23)[nH]1. The first-order chi connectivity index (χ1) is 14.7. The van der Waals surface area contributed by atoms with Crippen LogP contribution in [0, 0.1) is 0 Å². The van der Waals surface area contributed by atoms with E-state index in [1.165, 1.54) is 22.9 Å². The first-order valence-corrected chi connectivity index (χ1v) is 10.2. The Morgan fingerprint density at radius 2 is 2.16 bits per heavy atom. The van der Waals surface area contributed by atoms with Gasteiger partial charge in [-0.15, -0.1) is 0 Å². The molecule has 160 valence electrons. The van der Waals surface area contributed by atoms with E-state index in [4.69, 9.17) is 11.6 Å². The van der Waals surface area contributed by atoms with Gasteiger partial charge >= 0.3 is 9.62 Å². The molecule has 0 unspecified atom stereocenters. The molecule has 4 rings (SSSR count). The Kier molecular flexibility index (Phi) is 5.66. The van der Waals surface area contributed by atoms with E-state index in [2.05, 4.69) is 30.4 Å². The maximum atomic E-state index is 13.4. The van der Waals surface area contributed by atoms with Gasteiger partial charge in [-0.3, -0.25) is 9.98 Å². The summed E-state index contributed by atoms with van der Waals surface area (Å²) in [5.41, 5.74) is 0.567. The number of nitrogens with zero attached hydrogens (tertiary/aromatic N) is 4. The Hall–Kier alpha value is -3.00. The number of hydrogen-bond donors (Lipinski definition) is 4. The smallest absolute Gasteiger partial charge is 0.326 e. The summed E-state index contributed by atoms with van der Waals surface area (Å²) in [6.45, 7) is -0.756. The van der Waals surface area contributed by atoms with Crippen LogP contribution in [-0.2, 0) is 0 Å². The molecule has 0 saturated heterocycles. The molecule has 3 aromatic heterocycles. The fourth-order valence-corrected chi connectivity index (χ4v) is 3.14. The standard InChI is InChI=1S/C18H13ClF2IN7O2/c19-10-2-1-3-11(5-10)25-13-6-14(23-8-18(20,21)22)29-15(27-13)9(7-24-29)4-12-16(30)28-17(31)26-12/h1-7,25,30H,8H2,(H2,26,28,31). The summed E-state index contributed by atoms with van der Waals surface area (Å²) in [7, 11) is 0. The first kappa shape index (κ1) is 21.2. The first-order valence-electron chi connectivity index (χ1n) is 8.69. The van der Waals surface area contributed by atoms with Crippen LogP contribution in [0.2, 0.25) is 5.02 Å². The minimum Gasteiger partial charge on any atom is -0.493 e. The van der Waals surface area contributed by atoms with Crippen molar-refractivity contribution in [3.05, 3.63) is 68.4 Å². The monoisotopic (exact) mass is 559 g/mol. The molecule has 0 saturated carbocycles. The number of aromatic amines is 2. The van der Waals surface area contributed by atoms with Crippen LogP contribution in [0.3, 0.4) is 0 Å². The third kappa shape index (κ3) is 5.02. The van der Waals surface area contributed by atoms with Crippen molar-refractivity contribution in [2.75, 3.05) is 11.9 Å². The Balaban J connectivity index is 1.90. The topological polar surface area (TPSA) is 123 Å². The number of fused-ring (bicyclic) bond motifs is 1. The summed E-state index contributed by atoms with van der Waals surface area (Å²) < 4.78 is 25.0. The quantitative estimate of drug-likeness (QED) is 0.221. The second-order valence-corrected chi connectivity index (χ2v) is 8.40. The van der Waals surface area contributed by atoms with Crippen LogP contribution in [-0.4, -0.2) is 40.1 Å². The number of nitrogens with one attached hydrogen (secondary N) is 3. The predicted molar refractivity (Wildman–Crippen MR) is 119 cm³/mol. The molecule has 0 atom stereocenters. The molecule has 3 heterocycles. The molecule has 9 nitrogen and oxygen atoms in total. The molecule has 0 aliphatic carbocycles. The van der Waals surface area contributed by atoms with Crippen molar-refractivity contribution >= 4 is 57.4 Å². The lowest BCUT2D eigenvalue weighted by molar-refractivity contribution is 0.136. The van der Waals surface area contributed by atoms with Crippen molar-refractivity contribution in [2.24, 2.45) is 4.99 Å². The minimum absolute atomic E-state index is 0.118. The van der Waals surface area contributed by atoms with Gasteiger partial charge in [0.2, 0.25) is 5.88 Å². The second kappa shape index (κ2) is 8.26. The average molecular weight is 560 g/mol. The fraction of sp³-hybridized carbons (Fsp3) is 0.111. The molecule has 4 N–H and O–H groups in total. The molecule has 0 amide bonds.